The maximum Gasteiger partial charge on any atom is 0.347 e. The van der Waals surface area contributed by atoms with Crippen molar-refractivity contribution in [2.45, 2.75) is 12.8 Å². The Hall–Kier alpha value is -2.53. The van der Waals surface area contributed by atoms with Gasteiger partial charge in [-0.3, -0.25) is 0 Å². The molecule has 0 fully saturated rings. The molecule has 0 radical (unpaired) electrons. The maximum atomic E-state index is 12.0. The number of aromatic amines is 1. The third-order valence-electron chi connectivity index (χ3n) is 3.44. The number of rotatable bonds is 4. The number of benzene rings is 2. The second-order valence-electron chi connectivity index (χ2n) is 4.86. The van der Waals surface area contributed by atoms with Gasteiger partial charge in [-0.15, -0.1) is 0 Å². The largest absolute Gasteiger partial charge is 0.508 e. The standard InChI is InChI=1S/C16H14ClN3O2/c17-12-6-2-3-7-13(12)20-15(18-19-16(20)22)10-9-11-5-1-4-8-14(11)21/h1-8,21H,9-10H2,(H,19,22). The maximum absolute atomic E-state index is 12.0. The fourth-order valence-electron chi connectivity index (χ4n) is 2.35. The highest BCUT2D eigenvalue weighted by Gasteiger charge is 2.13. The van der Waals surface area contributed by atoms with Crippen LogP contribution in [0, 0.1) is 0 Å². The average Bonchev–Trinajstić information content (AvgIpc) is 2.88. The summed E-state index contributed by atoms with van der Waals surface area (Å²) in [6, 6.07) is 14.2. The number of hydrogen-bond donors (Lipinski definition) is 2. The van der Waals surface area contributed by atoms with Crippen molar-refractivity contribution in [1.29, 1.82) is 0 Å². The normalized spacial score (nSPS) is 10.8. The zero-order valence-corrected chi connectivity index (χ0v) is 12.4. The third-order valence-corrected chi connectivity index (χ3v) is 3.76. The van der Waals surface area contributed by atoms with E-state index in [0.29, 0.717) is 29.4 Å². The van der Waals surface area contributed by atoms with Gasteiger partial charge >= 0.3 is 5.69 Å². The lowest BCUT2D eigenvalue weighted by Gasteiger charge is -2.08. The number of nitrogens with zero attached hydrogens (tertiary/aromatic N) is 2. The molecule has 112 valence electrons. The van der Waals surface area contributed by atoms with E-state index in [9.17, 15) is 9.90 Å². The molecule has 0 spiro atoms. The Morgan fingerprint density at radius 3 is 2.59 bits per heavy atom. The van der Waals surface area contributed by atoms with Crippen molar-refractivity contribution < 1.29 is 5.11 Å². The molecule has 0 saturated carbocycles. The number of phenols is 1. The van der Waals surface area contributed by atoms with E-state index < -0.39 is 0 Å². The molecule has 2 aromatic carbocycles. The van der Waals surface area contributed by atoms with Crippen LogP contribution in [0.5, 0.6) is 5.75 Å². The second-order valence-corrected chi connectivity index (χ2v) is 5.27. The van der Waals surface area contributed by atoms with Gasteiger partial charge in [-0.1, -0.05) is 41.9 Å². The van der Waals surface area contributed by atoms with Crippen LogP contribution in [0.2, 0.25) is 5.02 Å². The van der Waals surface area contributed by atoms with Crippen LogP contribution >= 0.6 is 11.6 Å². The predicted octanol–water partition coefficient (Wildman–Crippen LogP) is 2.70. The van der Waals surface area contributed by atoms with E-state index in [-0.39, 0.29) is 11.4 Å². The number of aryl methyl sites for hydroxylation is 2. The molecule has 1 aromatic heterocycles. The molecular formula is C16H14ClN3O2. The molecule has 0 atom stereocenters. The van der Waals surface area contributed by atoms with Gasteiger partial charge < -0.3 is 5.11 Å². The van der Waals surface area contributed by atoms with Gasteiger partial charge in [0.25, 0.3) is 0 Å². The van der Waals surface area contributed by atoms with Gasteiger partial charge in [0.1, 0.15) is 11.6 Å². The number of H-pyrrole nitrogens is 1. The molecule has 0 amide bonds. The lowest BCUT2D eigenvalue weighted by atomic mass is 10.1. The van der Waals surface area contributed by atoms with Crippen molar-refractivity contribution in [2.24, 2.45) is 0 Å². The van der Waals surface area contributed by atoms with Crippen molar-refractivity contribution in [3.63, 3.8) is 0 Å². The molecule has 0 aliphatic rings. The number of nitrogens with one attached hydrogen (secondary N) is 1. The molecule has 5 nitrogen and oxygen atoms in total. The summed E-state index contributed by atoms with van der Waals surface area (Å²) in [5.41, 5.74) is 1.07. The summed E-state index contributed by atoms with van der Waals surface area (Å²) in [7, 11) is 0. The number of aromatic nitrogens is 3. The minimum absolute atomic E-state index is 0.240. The number of para-hydroxylation sites is 2. The van der Waals surface area contributed by atoms with Gasteiger partial charge in [0.15, 0.2) is 0 Å². The first kappa shape index (κ1) is 14.4. The summed E-state index contributed by atoms with van der Waals surface area (Å²) < 4.78 is 1.46. The fourth-order valence-corrected chi connectivity index (χ4v) is 2.57. The van der Waals surface area contributed by atoms with Crippen molar-refractivity contribution >= 4 is 11.6 Å². The summed E-state index contributed by atoms with van der Waals surface area (Å²) in [5.74, 6) is 0.811. The predicted molar refractivity (Wildman–Crippen MR) is 84.7 cm³/mol. The van der Waals surface area contributed by atoms with Gasteiger partial charge in [0.2, 0.25) is 0 Å². The molecule has 0 unspecified atom stereocenters. The first-order valence-corrected chi connectivity index (χ1v) is 7.22. The summed E-state index contributed by atoms with van der Waals surface area (Å²) in [5, 5.41) is 16.8. The van der Waals surface area contributed by atoms with Crippen LogP contribution in [0.1, 0.15) is 11.4 Å². The Morgan fingerprint density at radius 1 is 1.09 bits per heavy atom. The van der Waals surface area contributed by atoms with Crippen molar-refractivity contribution in [1.82, 2.24) is 14.8 Å². The molecule has 0 aliphatic carbocycles. The first-order valence-electron chi connectivity index (χ1n) is 6.85. The van der Waals surface area contributed by atoms with E-state index >= 15 is 0 Å². The van der Waals surface area contributed by atoms with E-state index in [0.717, 1.165) is 5.56 Å². The van der Waals surface area contributed by atoms with Crippen molar-refractivity contribution in [2.75, 3.05) is 0 Å². The first-order chi connectivity index (χ1) is 10.7. The highest BCUT2D eigenvalue weighted by Crippen LogP contribution is 2.21. The summed E-state index contributed by atoms with van der Waals surface area (Å²) in [6.45, 7) is 0. The molecular weight excluding hydrogens is 302 g/mol. The van der Waals surface area contributed by atoms with E-state index in [1.165, 1.54) is 4.57 Å². The molecule has 3 aromatic rings. The highest BCUT2D eigenvalue weighted by atomic mass is 35.5. The number of phenolic OH excluding ortho intramolecular Hbond substituents is 1. The van der Waals surface area contributed by atoms with Gasteiger partial charge in [-0.2, -0.15) is 5.10 Å². The number of hydrogen-bond acceptors (Lipinski definition) is 3. The molecule has 22 heavy (non-hydrogen) atoms. The Labute approximate surface area is 131 Å². The van der Waals surface area contributed by atoms with Crippen LogP contribution in [-0.4, -0.2) is 19.9 Å². The second kappa shape index (κ2) is 6.07. The van der Waals surface area contributed by atoms with Crippen LogP contribution in [-0.2, 0) is 12.8 Å². The molecule has 3 rings (SSSR count). The van der Waals surface area contributed by atoms with Crippen LogP contribution in [0.3, 0.4) is 0 Å². The topological polar surface area (TPSA) is 70.9 Å². The zero-order chi connectivity index (χ0) is 15.5. The molecule has 2 N–H and O–H groups in total. The monoisotopic (exact) mass is 315 g/mol. The molecule has 6 heteroatoms. The van der Waals surface area contributed by atoms with Gasteiger partial charge in [-0.25, -0.2) is 14.5 Å². The smallest absolute Gasteiger partial charge is 0.347 e. The zero-order valence-electron chi connectivity index (χ0n) is 11.7. The van der Waals surface area contributed by atoms with E-state index in [4.69, 9.17) is 11.6 Å². The van der Waals surface area contributed by atoms with Crippen LogP contribution in [0.15, 0.2) is 53.3 Å². The Balaban J connectivity index is 1.92. The van der Waals surface area contributed by atoms with Gasteiger partial charge in [0.05, 0.1) is 10.7 Å². The van der Waals surface area contributed by atoms with Gasteiger partial charge in [0, 0.05) is 6.42 Å². The molecule has 1 heterocycles. The highest BCUT2D eigenvalue weighted by molar-refractivity contribution is 6.32. The third kappa shape index (κ3) is 2.76. The van der Waals surface area contributed by atoms with E-state index in [2.05, 4.69) is 10.2 Å². The van der Waals surface area contributed by atoms with Gasteiger partial charge in [-0.05, 0) is 30.2 Å². The molecule has 0 bridgehead atoms. The summed E-state index contributed by atoms with van der Waals surface area (Å²) in [6.07, 6.45) is 1.07. The minimum atomic E-state index is -0.333. The minimum Gasteiger partial charge on any atom is -0.508 e. The van der Waals surface area contributed by atoms with E-state index in [1.54, 1.807) is 30.3 Å². The Kier molecular flexibility index (Phi) is 3.98. The van der Waals surface area contributed by atoms with Crippen LogP contribution < -0.4 is 5.69 Å². The Bertz CT molecular complexity index is 854. The molecule has 0 saturated heterocycles. The summed E-state index contributed by atoms with van der Waals surface area (Å²) >= 11 is 6.16. The van der Waals surface area contributed by atoms with E-state index in [1.807, 2.05) is 18.2 Å². The number of halogens is 1. The lowest BCUT2D eigenvalue weighted by Crippen LogP contribution is -2.17. The summed E-state index contributed by atoms with van der Waals surface area (Å²) in [4.78, 5) is 12.0. The van der Waals surface area contributed by atoms with Crippen molar-refractivity contribution in [3.8, 4) is 11.4 Å². The van der Waals surface area contributed by atoms with Crippen LogP contribution in [0.4, 0.5) is 0 Å². The lowest BCUT2D eigenvalue weighted by molar-refractivity contribution is 0.467. The van der Waals surface area contributed by atoms with Crippen LogP contribution in [0.25, 0.3) is 5.69 Å². The number of aromatic hydroxyl groups is 1. The Morgan fingerprint density at radius 2 is 1.82 bits per heavy atom. The molecule has 0 aliphatic heterocycles. The fraction of sp³-hybridized carbons (Fsp3) is 0.125. The van der Waals surface area contributed by atoms with Crippen molar-refractivity contribution in [3.05, 3.63) is 75.4 Å². The quantitative estimate of drug-likeness (QED) is 0.777. The average molecular weight is 316 g/mol. The SMILES string of the molecule is O=c1[nH]nc(CCc2ccccc2O)n1-c1ccccc1Cl.